The summed E-state index contributed by atoms with van der Waals surface area (Å²) in [4.78, 5) is 0. The van der Waals surface area contributed by atoms with Crippen molar-refractivity contribution in [2.24, 2.45) is 0 Å². The Balaban J connectivity index is 1.73. The smallest absolute Gasteiger partial charge is 0.130 e. The molecule has 3 aromatic rings. The number of thiol groups is 1. The lowest BCUT2D eigenvalue weighted by atomic mass is 10.1. The van der Waals surface area contributed by atoms with Crippen LogP contribution in [0.5, 0.6) is 5.75 Å². The van der Waals surface area contributed by atoms with Gasteiger partial charge in [0.2, 0.25) is 0 Å². The first kappa shape index (κ1) is 21.4. The van der Waals surface area contributed by atoms with Gasteiger partial charge >= 0.3 is 0 Å². The lowest BCUT2D eigenvalue weighted by molar-refractivity contribution is 0.203. The van der Waals surface area contributed by atoms with Crippen LogP contribution in [0.3, 0.4) is 0 Å². The van der Waals surface area contributed by atoms with E-state index in [-0.39, 0.29) is 11.1 Å². The summed E-state index contributed by atoms with van der Waals surface area (Å²) in [6.45, 7) is 3.91. The SMILES string of the molecule is Cc1c(-c2ccc(O)cc2)n[nH]c1C(S)N(c1ccc(Cl)cc1Cl)N1CCCCC1. The highest BCUT2D eigenvalue weighted by molar-refractivity contribution is 7.80. The van der Waals surface area contributed by atoms with E-state index in [4.69, 9.17) is 35.8 Å². The lowest BCUT2D eigenvalue weighted by Gasteiger charge is -2.42. The number of piperidine rings is 1. The summed E-state index contributed by atoms with van der Waals surface area (Å²) in [5, 5.41) is 22.6. The molecule has 1 aliphatic rings. The number of aromatic nitrogens is 2. The summed E-state index contributed by atoms with van der Waals surface area (Å²) in [6.07, 6.45) is 3.48. The van der Waals surface area contributed by atoms with Crippen molar-refractivity contribution < 1.29 is 5.11 Å². The van der Waals surface area contributed by atoms with Crippen molar-refractivity contribution in [3.8, 4) is 17.0 Å². The van der Waals surface area contributed by atoms with Crippen LogP contribution in [0.4, 0.5) is 5.69 Å². The van der Waals surface area contributed by atoms with E-state index in [1.807, 2.05) is 31.2 Å². The zero-order valence-electron chi connectivity index (χ0n) is 16.6. The molecule has 1 fully saturated rings. The van der Waals surface area contributed by atoms with Crippen molar-refractivity contribution >= 4 is 41.5 Å². The van der Waals surface area contributed by atoms with Gasteiger partial charge < -0.3 is 5.11 Å². The maximum atomic E-state index is 9.58. The summed E-state index contributed by atoms with van der Waals surface area (Å²) in [5.74, 6) is 0.230. The molecular formula is C22H24Cl2N4OS. The van der Waals surface area contributed by atoms with Gasteiger partial charge in [-0.25, -0.2) is 5.01 Å². The lowest BCUT2D eigenvalue weighted by Crippen LogP contribution is -2.46. The van der Waals surface area contributed by atoms with Crippen LogP contribution in [-0.4, -0.2) is 33.4 Å². The fraction of sp³-hybridized carbons (Fsp3) is 0.318. The number of rotatable bonds is 5. The number of anilines is 1. The fourth-order valence-corrected chi connectivity index (χ4v) is 4.90. The molecule has 30 heavy (non-hydrogen) atoms. The largest absolute Gasteiger partial charge is 0.508 e. The van der Waals surface area contributed by atoms with Gasteiger partial charge in [0.25, 0.3) is 0 Å². The highest BCUT2D eigenvalue weighted by Gasteiger charge is 2.30. The topological polar surface area (TPSA) is 55.4 Å². The van der Waals surface area contributed by atoms with Crippen LogP contribution in [0.2, 0.25) is 10.0 Å². The summed E-state index contributed by atoms with van der Waals surface area (Å²) in [6, 6.07) is 12.6. The van der Waals surface area contributed by atoms with Crippen LogP contribution < -0.4 is 5.01 Å². The molecule has 0 aliphatic carbocycles. The highest BCUT2D eigenvalue weighted by atomic mass is 35.5. The average molecular weight is 463 g/mol. The number of hydrogen-bond acceptors (Lipinski definition) is 5. The van der Waals surface area contributed by atoms with Crippen LogP contribution in [0.15, 0.2) is 42.5 Å². The Bertz CT molecular complexity index is 1020. The predicted molar refractivity (Wildman–Crippen MR) is 127 cm³/mol. The second kappa shape index (κ2) is 9.10. The Morgan fingerprint density at radius 1 is 1.10 bits per heavy atom. The number of nitrogens with zero attached hydrogens (tertiary/aromatic N) is 3. The molecule has 2 N–H and O–H groups in total. The van der Waals surface area contributed by atoms with E-state index in [0.717, 1.165) is 54.1 Å². The van der Waals surface area contributed by atoms with Gasteiger partial charge in [-0.2, -0.15) is 5.10 Å². The Hall–Kier alpha value is -1.86. The number of hydrazine groups is 1. The van der Waals surface area contributed by atoms with E-state index >= 15 is 0 Å². The maximum Gasteiger partial charge on any atom is 0.130 e. The normalized spacial score (nSPS) is 15.9. The van der Waals surface area contributed by atoms with Crippen LogP contribution in [-0.2, 0) is 0 Å². The molecule has 0 spiro atoms. The number of phenolic OH excluding ortho intramolecular Hbond substituents is 1. The van der Waals surface area contributed by atoms with Crippen molar-refractivity contribution in [1.29, 1.82) is 0 Å². The van der Waals surface area contributed by atoms with E-state index in [2.05, 4.69) is 20.2 Å². The summed E-state index contributed by atoms with van der Waals surface area (Å²) < 4.78 is 0. The van der Waals surface area contributed by atoms with E-state index in [0.29, 0.717) is 10.0 Å². The summed E-state index contributed by atoms with van der Waals surface area (Å²) in [7, 11) is 0. The zero-order valence-corrected chi connectivity index (χ0v) is 19.1. The number of benzene rings is 2. The van der Waals surface area contributed by atoms with Gasteiger partial charge in [0, 0.05) is 29.2 Å². The molecule has 2 heterocycles. The summed E-state index contributed by atoms with van der Waals surface area (Å²) >= 11 is 17.7. The van der Waals surface area contributed by atoms with E-state index in [9.17, 15) is 5.11 Å². The van der Waals surface area contributed by atoms with Crippen LogP contribution in [0, 0.1) is 6.92 Å². The third-order valence-corrected chi connectivity index (χ3v) is 6.49. The molecule has 158 valence electrons. The number of aromatic hydroxyl groups is 1. The van der Waals surface area contributed by atoms with Gasteiger partial charge in [0.15, 0.2) is 0 Å². The van der Waals surface area contributed by atoms with Gasteiger partial charge in [-0.1, -0.05) is 29.6 Å². The molecule has 1 saturated heterocycles. The Morgan fingerprint density at radius 2 is 1.80 bits per heavy atom. The Labute approximate surface area is 192 Å². The van der Waals surface area contributed by atoms with Crippen LogP contribution >= 0.6 is 35.8 Å². The molecular weight excluding hydrogens is 439 g/mol. The van der Waals surface area contributed by atoms with E-state index in [1.54, 1.807) is 18.2 Å². The first-order valence-corrected chi connectivity index (χ1v) is 11.2. The molecule has 1 unspecified atom stereocenters. The van der Waals surface area contributed by atoms with Crippen molar-refractivity contribution in [3.63, 3.8) is 0 Å². The number of H-pyrrole nitrogens is 1. The third kappa shape index (κ3) is 4.28. The molecule has 1 aliphatic heterocycles. The number of nitrogens with one attached hydrogen (secondary N) is 1. The number of halogens is 2. The van der Waals surface area contributed by atoms with Crippen LogP contribution in [0.1, 0.15) is 35.9 Å². The predicted octanol–water partition coefficient (Wildman–Crippen LogP) is 6.23. The second-order valence-electron chi connectivity index (χ2n) is 7.49. The molecule has 0 bridgehead atoms. The molecule has 5 nitrogen and oxygen atoms in total. The molecule has 0 radical (unpaired) electrons. The zero-order chi connectivity index (χ0) is 21.3. The Kier molecular flexibility index (Phi) is 6.48. The number of hydrogen-bond donors (Lipinski definition) is 3. The summed E-state index contributed by atoms with van der Waals surface area (Å²) in [5.41, 5.74) is 4.54. The van der Waals surface area contributed by atoms with Crippen molar-refractivity contribution in [2.45, 2.75) is 31.6 Å². The molecule has 1 aromatic heterocycles. The molecule has 8 heteroatoms. The van der Waals surface area contributed by atoms with Gasteiger partial charge in [-0.15, -0.1) is 12.6 Å². The standard InChI is InChI=1S/C22H24Cl2N4OS/c1-14-20(15-5-8-17(29)9-6-15)25-26-21(14)22(30)28(27-11-3-2-4-12-27)19-10-7-16(23)13-18(19)24/h5-10,13,22,29-30H,2-4,11-12H2,1H3,(H,25,26). The minimum atomic E-state index is -0.305. The third-order valence-electron chi connectivity index (χ3n) is 5.47. The monoisotopic (exact) mass is 462 g/mol. The Morgan fingerprint density at radius 3 is 2.47 bits per heavy atom. The molecule has 2 aromatic carbocycles. The molecule has 0 saturated carbocycles. The molecule has 0 amide bonds. The quantitative estimate of drug-likeness (QED) is 0.310. The van der Waals surface area contributed by atoms with Crippen molar-refractivity contribution in [3.05, 3.63) is 63.8 Å². The van der Waals surface area contributed by atoms with Gasteiger partial charge in [0.1, 0.15) is 11.1 Å². The van der Waals surface area contributed by atoms with Gasteiger partial charge in [-0.05, 0) is 62.2 Å². The minimum Gasteiger partial charge on any atom is -0.508 e. The fourth-order valence-electron chi connectivity index (χ4n) is 3.88. The van der Waals surface area contributed by atoms with Crippen LogP contribution in [0.25, 0.3) is 11.3 Å². The minimum absolute atomic E-state index is 0.230. The average Bonchev–Trinajstić information content (AvgIpc) is 3.12. The van der Waals surface area contributed by atoms with Crippen molar-refractivity contribution in [2.75, 3.05) is 18.1 Å². The van der Waals surface area contributed by atoms with Crippen molar-refractivity contribution in [1.82, 2.24) is 15.2 Å². The number of phenols is 1. The van der Waals surface area contributed by atoms with Gasteiger partial charge in [0.05, 0.1) is 22.1 Å². The number of aromatic amines is 1. The highest BCUT2D eigenvalue weighted by Crippen LogP contribution is 2.40. The first-order valence-electron chi connectivity index (χ1n) is 9.97. The first-order chi connectivity index (χ1) is 14.5. The second-order valence-corrected chi connectivity index (χ2v) is 8.82. The van der Waals surface area contributed by atoms with E-state index < -0.39 is 0 Å². The van der Waals surface area contributed by atoms with Gasteiger partial charge in [-0.3, -0.25) is 10.1 Å². The molecule has 1 atom stereocenters. The van der Waals surface area contributed by atoms with E-state index in [1.165, 1.54) is 6.42 Å². The molecule has 4 rings (SSSR count). The maximum absolute atomic E-state index is 9.58.